The largest absolute Gasteiger partial charge is 0.327 e. The topological polar surface area (TPSA) is 29.3 Å². The number of piperidine rings is 1. The maximum atomic E-state index is 13.6. The fourth-order valence-corrected chi connectivity index (χ4v) is 2.71. The summed E-state index contributed by atoms with van der Waals surface area (Å²) in [6, 6.07) is 1.70. The van der Waals surface area contributed by atoms with Crippen molar-refractivity contribution in [2.24, 2.45) is 5.73 Å². The van der Waals surface area contributed by atoms with Gasteiger partial charge in [0.15, 0.2) is 11.6 Å². The van der Waals surface area contributed by atoms with E-state index in [1.165, 1.54) is 0 Å². The van der Waals surface area contributed by atoms with Crippen LogP contribution in [0, 0.1) is 17.5 Å². The maximum Gasteiger partial charge on any atom is 0.161 e. The first kappa shape index (κ1) is 14.3. The lowest BCUT2D eigenvalue weighted by Gasteiger charge is -2.38. The molecule has 2 rings (SSSR count). The number of nitrogens with two attached hydrogens (primary N) is 1. The van der Waals surface area contributed by atoms with Crippen LogP contribution < -0.4 is 5.73 Å². The lowest BCUT2D eigenvalue weighted by atomic mass is 9.96. The Bertz CT molecular complexity index is 449. The van der Waals surface area contributed by atoms with Gasteiger partial charge in [-0.25, -0.2) is 13.2 Å². The predicted molar refractivity (Wildman–Crippen MR) is 68.0 cm³/mol. The first-order chi connectivity index (χ1) is 8.99. The fraction of sp³-hybridized carbons (Fsp3) is 0.571. The van der Waals surface area contributed by atoms with Crippen molar-refractivity contribution in [1.29, 1.82) is 0 Å². The van der Waals surface area contributed by atoms with E-state index in [0.29, 0.717) is 6.07 Å². The summed E-state index contributed by atoms with van der Waals surface area (Å²) in [5, 5.41) is 0. The van der Waals surface area contributed by atoms with Crippen molar-refractivity contribution in [2.45, 2.75) is 44.8 Å². The summed E-state index contributed by atoms with van der Waals surface area (Å²) in [5.74, 6) is -2.86. The van der Waals surface area contributed by atoms with Gasteiger partial charge in [-0.2, -0.15) is 0 Å². The molecule has 0 saturated carbocycles. The van der Waals surface area contributed by atoms with Gasteiger partial charge in [-0.3, -0.25) is 4.90 Å². The highest BCUT2D eigenvalue weighted by Crippen LogP contribution is 2.23. The van der Waals surface area contributed by atoms with E-state index in [4.69, 9.17) is 5.73 Å². The normalized spacial score (nSPS) is 22.5. The highest BCUT2D eigenvalue weighted by atomic mass is 19.2. The molecular weight excluding hydrogens is 253 g/mol. The molecule has 106 valence electrons. The van der Waals surface area contributed by atoms with Crippen molar-refractivity contribution in [2.75, 3.05) is 6.54 Å². The van der Waals surface area contributed by atoms with E-state index < -0.39 is 17.5 Å². The van der Waals surface area contributed by atoms with Gasteiger partial charge in [0.2, 0.25) is 0 Å². The number of hydrogen-bond donors (Lipinski definition) is 1. The van der Waals surface area contributed by atoms with Crippen LogP contribution in [-0.4, -0.2) is 23.5 Å². The molecule has 1 aromatic rings. The average Bonchev–Trinajstić information content (AvgIpc) is 2.36. The standard InChI is InChI=1S/C14H19F3N2/c1-9(18)14-4-2-3-5-19(14)8-10-6-12(16)13(17)7-11(10)15/h6-7,9,14H,2-5,8,18H2,1H3/t9-,14-/m0/s1. The van der Waals surface area contributed by atoms with E-state index in [0.717, 1.165) is 31.9 Å². The Morgan fingerprint density at radius 2 is 1.89 bits per heavy atom. The minimum absolute atomic E-state index is 0.0198. The van der Waals surface area contributed by atoms with E-state index in [1.807, 2.05) is 6.92 Å². The molecule has 1 aromatic carbocycles. The second kappa shape index (κ2) is 5.92. The van der Waals surface area contributed by atoms with Crippen molar-refractivity contribution in [3.05, 3.63) is 35.1 Å². The maximum absolute atomic E-state index is 13.6. The number of halogens is 3. The molecule has 0 aliphatic carbocycles. The molecule has 0 bridgehead atoms. The summed E-state index contributed by atoms with van der Waals surface area (Å²) in [6.45, 7) is 3.00. The molecule has 19 heavy (non-hydrogen) atoms. The van der Waals surface area contributed by atoms with Crippen molar-refractivity contribution in [1.82, 2.24) is 4.90 Å². The Balaban J connectivity index is 2.17. The van der Waals surface area contributed by atoms with Crippen LogP contribution >= 0.6 is 0 Å². The SMILES string of the molecule is C[C@H](N)[C@@H]1CCCCN1Cc1cc(F)c(F)cc1F. The number of rotatable bonds is 3. The summed E-state index contributed by atoms with van der Waals surface area (Å²) in [6.07, 6.45) is 3.08. The van der Waals surface area contributed by atoms with Crippen LogP contribution in [0.3, 0.4) is 0 Å². The first-order valence-corrected chi connectivity index (χ1v) is 6.62. The van der Waals surface area contributed by atoms with E-state index >= 15 is 0 Å². The Morgan fingerprint density at radius 3 is 2.58 bits per heavy atom. The summed E-state index contributed by atoms with van der Waals surface area (Å²) < 4.78 is 39.7. The molecule has 0 spiro atoms. The quantitative estimate of drug-likeness (QED) is 0.857. The molecule has 0 unspecified atom stereocenters. The zero-order valence-corrected chi connectivity index (χ0v) is 11.0. The number of benzene rings is 1. The first-order valence-electron chi connectivity index (χ1n) is 6.62. The van der Waals surface area contributed by atoms with Crippen LogP contribution in [0.4, 0.5) is 13.2 Å². The van der Waals surface area contributed by atoms with E-state index in [1.54, 1.807) is 0 Å². The molecule has 1 saturated heterocycles. The Morgan fingerprint density at radius 1 is 1.21 bits per heavy atom. The Hall–Kier alpha value is -1.07. The van der Waals surface area contributed by atoms with Gasteiger partial charge in [-0.05, 0) is 32.4 Å². The smallest absolute Gasteiger partial charge is 0.161 e. The van der Waals surface area contributed by atoms with Gasteiger partial charge in [0.05, 0.1) is 0 Å². The van der Waals surface area contributed by atoms with Crippen LogP contribution in [0.15, 0.2) is 12.1 Å². The fourth-order valence-electron chi connectivity index (χ4n) is 2.71. The van der Waals surface area contributed by atoms with Crippen LogP contribution in [0.1, 0.15) is 31.7 Å². The van der Waals surface area contributed by atoms with Crippen molar-refractivity contribution < 1.29 is 13.2 Å². The van der Waals surface area contributed by atoms with Gasteiger partial charge in [0.25, 0.3) is 0 Å². The molecule has 0 radical (unpaired) electrons. The summed E-state index contributed by atoms with van der Waals surface area (Å²) >= 11 is 0. The highest BCUT2D eigenvalue weighted by molar-refractivity contribution is 5.20. The molecule has 1 aliphatic heterocycles. The lowest BCUT2D eigenvalue weighted by Crippen LogP contribution is -2.48. The minimum atomic E-state index is -1.15. The molecule has 5 heteroatoms. The molecule has 1 heterocycles. The highest BCUT2D eigenvalue weighted by Gasteiger charge is 2.26. The van der Waals surface area contributed by atoms with Crippen LogP contribution in [0.5, 0.6) is 0 Å². The third kappa shape index (κ3) is 3.28. The van der Waals surface area contributed by atoms with Gasteiger partial charge in [0.1, 0.15) is 5.82 Å². The molecule has 0 amide bonds. The van der Waals surface area contributed by atoms with E-state index in [-0.39, 0.29) is 24.2 Å². The van der Waals surface area contributed by atoms with Gasteiger partial charge < -0.3 is 5.73 Å². The molecule has 2 nitrogen and oxygen atoms in total. The lowest BCUT2D eigenvalue weighted by molar-refractivity contribution is 0.121. The molecule has 1 fully saturated rings. The van der Waals surface area contributed by atoms with E-state index in [2.05, 4.69) is 4.90 Å². The third-order valence-electron chi connectivity index (χ3n) is 3.73. The monoisotopic (exact) mass is 272 g/mol. The van der Waals surface area contributed by atoms with Gasteiger partial charge in [-0.15, -0.1) is 0 Å². The Kier molecular flexibility index (Phi) is 4.47. The van der Waals surface area contributed by atoms with Gasteiger partial charge >= 0.3 is 0 Å². The van der Waals surface area contributed by atoms with Gasteiger partial charge in [-0.1, -0.05) is 6.42 Å². The van der Waals surface area contributed by atoms with Crippen molar-refractivity contribution in [3.8, 4) is 0 Å². The third-order valence-corrected chi connectivity index (χ3v) is 3.73. The zero-order valence-electron chi connectivity index (χ0n) is 11.0. The summed E-state index contributed by atoms with van der Waals surface area (Å²) in [7, 11) is 0. The average molecular weight is 272 g/mol. The van der Waals surface area contributed by atoms with E-state index in [9.17, 15) is 13.2 Å². The van der Waals surface area contributed by atoms with Crippen LogP contribution in [-0.2, 0) is 6.54 Å². The van der Waals surface area contributed by atoms with Crippen LogP contribution in [0.25, 0.3) is 0 Å². The summed E-state index contributed by atoms with van der Waals surface area (Å²) in [5.41, 5.74) is 6.12. The molecular formula is C14H19F3N2. The van der Waals surface area contributed by atoms with Gasteiger partial charge in [0, 0.05) is 30.3 Å². The Labute approximate surface area is 111 Å². The van der Waals surface area contributed by atoms with Crippen LogP contribution in [0.2, 0.25) is 0 Å². The summed E-state index contributed by atoms with van der Waals surface area (Å²) in [4.78, 5) is 2.06. The molecule has 2 N–H and O–H groups in total. The molecule has 1 aliphatic rings. The minimum Gasteiger partial charge on any atom is -0.327 e. The van der Waals surface area contributed by atoms with Crippen molar-refractivity contribution in [3.63, 3.8) is 0 Å². The molecule has 2 atom stereocenters. The second-order valence-corrected chi connectivity index (χ2v) is 5.25. The number of nitrogens with zero attached hydrogens (tertiary/aromatic N) is 1. The molecule has 0 aromatic heterocycles. The zero-order chi connectivity index (χ0) is 14.0. The number of likely N-dealkylation sites (tertiary alicyclic amines) is 1. The predicted octanol–water partition coefficient (Wildman–Crippen LogP) is 2.81. The number of hydrogen-bond acceptors (Lipinski definition) is 2. The second-order valence-electron chi connectivity index (χ2n) is 5.25. The van der Waals surface area contributed by atoms with Crippen molar-refractivity contribution >= 4 is 0 Å².